The van der Waals surface area contributed by atoms with E-state index in [-0.39, 0.29) is 5.84 Å². The van der Waals surface area contributed by atoms with Crippen LogP contribution in [-0.4, -0.2) is 36.0 Å². The van der Waals surface area contributed by atoms with Crippen molar-refractivity contribution in [1.82, 2.24) is 4.90 Å². The molecule has 0 aliphatic carbocycles. The van der Waals surface area contributed by atoms with Crippen molar-refractivity contribution in [3.8, 4) is 5.75 Å². The molecule has 0 aromatic heterocycles. The highest BCUT2D eigenvalue weighted by Gasteiger charge is 2.14. The fraction of sp³-hybridized carbons (Fsp3) is 0.533. The van der Waals surface area contributed by atoms with Crippen molar-refractivity contribution in [1.29, 1.82) is 5.41 Å². The summed E-state index contributed by atoms with van der Waals surface area (Å²) in [5.74, 6) is 0.677. The average Bonchev–Trinajstić information content (AvgIpc) is 2.33. The minimum atomic E-state index is 0.0251. The number of nitrogens with one attached hydrogen (secondary N) is 1. The maximum Gasteiger partial charge on any atom is 0.131 e. The first kappa shape index (κ1) is 17.0. The highest BCUT2D eigenvalue weighted by Crippen LogP contribution is 2.23. The zero-order valence-electron chi connectivity index (χ0n) is 12.6. The van der Waals surface area contributed by atoms with Gasteiger partial charge in [-0.1, -0.05) is 15.9 Å². The molecule has 1 aromatic carbocycles. The van der Waals surface area contributed by atoms with E-state index < -0.39 is 0 Å². The van der Waals surface area contributed by atoms with Crippen LogP contribution in [-0.2, 0) is 0 Å². The molecule has 0 aliphatic heterocycles. The molecule has 4 nitrogen and oxygen atoms in total. The molecule has 112 valence electrons. The predicted molar refractivity (Wildman–Crippen MR) is 87.6 cm³/mol. The number of nitrogens with zero attached hydrogens (tertiary/aromatic N) is 1. The van der Waals surface area contributed by atoms with E-state index >= 15 is 0 Å². The van der Waals surface area contributed by atoms with Crippen molar-refractivity contribution in [2.75, 3.05) is 13.2 Å². The van der Waals surface area contributed by atoms with Crippen LogP contribution in [0.15, 0.2) is 22.7 Å². The van der Waals surface area contributed by atoms with Gasteiger partial charge in [0, 0.05) is 23.1 Å². The van der Waals surface area contributed by atoms with Crippen molar-refractivity contribution in [3.63, 3.8) is 0 Å². The van der Waals surface area contributed by atoms with E-state index in [9.17, 15) is 0 Å². The van der Waals surface area contributed by atoms with Gasteiger partial charge < -0.3 is 10.5 Å². The van der Waals surface area contributed by atoms with Crippen LogP contribution in [0.2, 0.25) is 0 Å². The van der Waals surface area contributed by atoms with E-state index in [4.69, 9.17) is 15.9 Å². The van der Waals surface area contributed by atoms with Gasteiger partial charge in [-0.2, -0.15) is 0 Å². The average molecular weight is 342 g/mol. The molecule has 0 saturated carbocycles. The lowest BCUT2D eigenvalue weighted by atomic mass is 10.2. The van der Waals surface area contributed by atoms with Gasteiger partial charge in [0.05, 0.1) is 5.56 Å². The van der Waals surface area contributed by atoms with Gasteiger partial charge in [-0.25, -0.2) is 0 Å². The van der Waals surface area contributed by atoms with Crippen molar-refractivity contribution >= 4 is 21.8 Å². The van der Waals surface area contributed by atoms with E-state index in [0.717, 1.165) is 11.0 Å². The number of nitrogens with two attached hydrogens (primary N) is 1. The molecular formula is C15H24BrN3O. The quantitative estimate of drug-likeness (QED) is 0.591. The smallest absolute Gasteiger partial charge is 0.131 e. The number of amidine groups is 1. The van der Waals surface area contributed by atoms with Gasteiger partial charge in [-0.3, -0.25) is 10.3 Å². The van der Waals surface area contributed by atoms with Gasteiger partial charge >= 0.3 is 0 Å². The number of ether oxygens (including phenoxy) is 1. The molecule has 0 atom stereocenters. The number of benzene rings is 1. The fourth-order valence-electron chi connectivity index (χ4n) is 2.21. The van der Waals surface area contributed by atoms with Crippen LogP contribution in [0.4, 0.5) is 0 Å². The first-order chi connectivity index (χ1) is 9.32. The highest BCUT2D eigenvalue weighted by atomic mass is 79.9. The predicted octanol–water partition coefficient (Wildman–Crippen LogP) is 3.23. The summed E-state index contributed by atoms with van der Waals surface area (Å²) in [6, 6.07) is 6.47. The highest BCUT2D eigenvalue weighted by molar-refractivity contribution is 9.10. The Kier molecular flexibility index (Phi) is 6.49. The summed E-state index contributed by atoms with van der Waals surface area (Å²) in [7, 11) is 0. The Morgan fingerprint density at radius 3 is 2.40 bits per heavy atom. The van der Waals surface area contributed by atoms with Gasteiger partial charge in [-0.05, 0) is 45.9 Å². The van der Waals surface area contributed by atoms with Crippen LogP contribution >= 0.6 is 15.9 Å². The lowest BCUT2D eigenvalue weighted by molar-refractivity contribution is 0.142. The van der Waals surface area contributed by atoms with Crippen molar-refractivity contribution < 1.29 is 4.74 Å². The second-order valence-electron chi connectivity index (χ2n) is 5.33. The van der Waals surface area contributed by atoms with E-state index in [1.807, 2.05) is 12.1 Å². The zero-order valence-corrected chi connectivity index (χ0v) is 14.2. The minimum absolute atomic E-state index is 0.0251. The third-order valence-corrected chi connectivity index (χ3v) is 3.66. The summed E-state index contributed by atoms with van der Waals surface area (Å²) < 4.78 is 6.74. The molecule has 1 aromatic rings. The van der Waals surface area contributed by atoms with Crippen LogP contribution in [0.5, 0.6) is 5.75 Å². The molecule has 3 N–H and O–H groups in total. The van der Waals surface area contributed by atoms with Crippen LogP contribution in [0, 0.1) is 5.41 Å². The second-order valence-corrected chi connectivity index (χ2v) is 6.24. The summed E-state index contributed by atoms with van der Waals surface area (Å²) >= 11 is 3.41. The molecule has 0 aliphatic rings. The Hall–Kier alpha value is -1.07. The maximum atomic E-state index is 7.58. The van der Waals surface area contributed by atoms with E-state index in [2.05, 4.69) is 48.5 Å². The Morgan fingerprint density at radius 2 is 1.90 bits per heavy atom. The molecule has 5 heteroatoms. The maximum absolute atomic E-state index is 7.58. The summed E-state index contributed by atoms with van der Waals surface area (Å²) in [6.07, 6.45) is 0. The SMILES string of the molecule is CC(C)N(CCOc1cc(Br)ccc1C(=N)N)C(C)C. The molecule has 20 heavy (non-hydrogen) atoms. The number of hydrogen-bond donors (Lipinski definition) is 2. The van der Waals surface area contributed by atoms with Crippen LogP contribution in [0.3, 0.4) is 0 Å². The number of rotatable bonds is 7. The van der Waals surface area contributed by atoms with Crippen LogP contribution in [0.1, 0.15) is 33.3 Å². The van der Waals surface area contributed by atoms with Gasteiger partial charge in [0.25, 0.3) is 0 Å². The second kappa shape index (κ2) is 7.64. The molecule has 0 saturated heterocycles. The summed E-state index contributed by atoms with van der Waals surface area (Å²) in [5, 5.41) is 7.58. The lowest BCUT2D eigenvalue weighted by Gasteiger charge is -2.30. The first-order valence-electron chi connectivity index (χ1n) is 6.85. The van der Waals surface area contributed by atoms with Crippen molar-refractivity contribution in [2.24, 2.45) is 5.73 Å². The molecule has 0 heterocycles. The van der Waals surface area contributed by atoms with E-state index in [1.54, 1.807) is 6.07 Å². The topological polar surface area (TPSA) is 62.3 Å². The summed E-state index contributed by atoms with van der Waals surface area (Å²) in [4.78, 5) is 2.37. The zero-order chi connectivity index (χ0) is 15.3. The summed E-state index contributed by atoms with van der Waals surface area (Å²) in [5.41, 5.74) is 6.20. The molecule has 0 fully saturated rings. The third-order valence-electron chi connectivity index (χ3n) is 3.17. The molecule has 0 radical (unpaired) electrons. The Bertz CT molecular complexity index is 452. The minimum Gasteiger partial charge on any atom is -0.491 e. The summed E-state index contributed by atoms with van der Waals surface area (Å²) in [6.45, 7) is 10.1. The number of nitrogen functional groups attached to an aromatic ring is 1. The van der Waals surface area contributed by atoms with Crippen molar-refractivity contribution in [3.05, 3.63) is 28.2 Å². The Balaban J connectivity index is 2.70. The van der Waals surface area contributed by atoms with Gasteiger partial charge in [0.1, 0.15) is 18.2 Å². The Labute approximate surface area is 129 Å². The van der Waals surface area contributed by atoms with Gasteiger partial charge in [-0.15, -0.1) is 0 Å². The molecule has 1 rings (SSSR count). The largest absolute Gasteiger partial charge is 0.491 e. The molecule has 0 unspecified atom stereocenters. The van der Waals surface area contributed by atoms with Gasteiger partial charge in [0.2, 0.25) is 0 Å². The number of halogens is 1. The van der Waals surface area contributed by atoms with E-state index in [1.165, 1.54) is 0 Å². The van der Waals surface area contributed by atoms with Crippen LogP contribution < -0.4 is 10.5 Å². The Morgan fingerprint density at radius 1 is 1.30 bits per heavy atom. The molecule has 0 amide bonds. The van der Waals surface area contributed by atoms with Crippen molar-refractivity contribution in [2.45, 2.75) is 39.8 Å². The molecular weight excluding hydrogens is 318 g/mol. The third kappa shape index (κ3) is 4.80. The first-order valence-corrected chi connectivity index (χ1v) is 7.64. The van der Waals surface area contributed by atoms with Gasteiger partial charge in [0.15, 0.2) is 0 Å². The van der Waals surface area contributed by atoms with Crippen LogP contribution in [0.25, 0.3) is 0 Å². The molecule has 0 spiro atoms. The number of hydrogen-bond acceptors (Lipinski definition) is 3. The van der Waals surface area contributed by atoms with E-state index in [0.29, 0.717) is 30.0 Å². The monoisotopic (exact) mass is 341 g/mol. The molecule has 0 bridgehead atoms. The lowest BCUT2D eigenvalue weighted by Crippen LogP contribution is -2.39. The fourth-order valence-corrected chi connectivity index (χ4v) is 2.55. The normalized spacial score (nSPS) is 11.4. The standard InChI is InChI=1S/C15H24BrN3O/c1-10(2)19(11(3)4)7-8-20-14-9-12(16)5-6-13(14)15(17)18/h5-6,9-11H,7-8H2,1-4H3,(H3,17,18).